The molecule has 0 radical (unpaired) electrons. The molecule has 1 aliphatic rings. The molecule has 1 aromatic carbocycles. The van der Waals surface area contributed by atoms with Gasteiger partial charge in [0.2, 0.25) is 0 Å². The smallest absolute Gasteiger partial charge is 0.326 e. The number of rotatable bonds is 6. The maximum atomic E-state index is 12.6. The van der Waals surface area contributed by atoms with E-state index in [4.69, 9.17) is 5.53 Å². The van der Waals surface area contributed by atoms with Gasteiger partial charge in [-0.3, -0.25) is 9.59 Å². The number of hydrogen-bond acceptors (Lipinski definition) is 4. The fourth-order valence-electron chi connectivity index (χ4n) is 2.76. The van der Waals surface area contributed by atoms with Crippen molar-refractivity contribution in [3.05, 3.63) is 39.3 Å². The van der Waals surface area contributed by atoms with Crippen LogP contribution < -0.4 is 5.32 Å². The maximum absolute atomic E-state index is 12.6. The fraction of sp³-hybridized carbons (Fsp3) is 0.438. The molecule has 2 N–H and O–H groups in total. The number of carbonyl (C=O) groups excluding carboxylic acids is 2. The van der Waals surface area contributed by atoms with E-state index >= 15 is 0 Å². The molecule has 2 rings (SSSR count). The zero-order valence-electron chi connectivity index (χ0n) is 13.4. The predicted octanol–water partition coefficient (Wildman–Crippen LogP) is 2.99. The molecule has 8 nitrogen and oxygen atoms in total. The Balaban J connectivity index is 2.42. The van der Waals surface area contributed by atoms with Crippen LogP contribution in [0.5, 0.6) is 0 Å². The van der Waals surface area contributed by atoms with Crippen molar-refractivity contribution < 1.29 is 19.5 Å². The lowest BCUT2D eigenvalue weighted by Gasteiger charge is -2.21. The van der Waals surface area contributed by atoms with Crippen LogP contribution in [0, 0.1) is 5.92 Å². The van der Waals surface area contributed by atoms with Crippen molar-refractivity contribution in [2.75, 3.05) is 0 Å². The highest BCUT2D eigenvalue weighted by molar-refractivity contribution is 6.07. The van der Waals surface area contributed by atoms with Crippen LogP contribution in [-0.2, 0) is 11.2 Å². The lowest BCUT2D eigenvalue weighted by atomic mass is 9.97. The van der Waals surface area contributed by atoms with Crippen LogP contribution in [0.4, 0.5) is 5.69 Å². The highest BCUT2D eigenvalue weighted by Crippen LogP contribution is 2.30. The lowest BCUT2D eigenvalue weighted by Crippen LogP contribution is -2.45. The molecular weight excluding hydrogens is 312 g/mol. The fourth-order valence-corrected chi connectivity index (χ4v) is 2.76. The number of nitrogens with one attached hydrogen (secondary N) is 1. The average Bonchev–Trinajstić information content (AvgIpc) is 2.92. The SMILES string of the molecule is CC[C@H](C)[C@H](NC(=O)c1cc(N=[N+]=[N-])cc2c1CCC2=O)C(=O)O. The quantitative estimate of drug-likeness (QED) is 0.471. The van der Waals surface area contributed by atoms with Gasteiger partial charge in [-0.05, 0) is 35.6 Å². The highest BCUT2D eigenvalue weighted by atomic mass is 16.4. The van der Waals surface area contributed by atoms with Gasteiger partial charge >= 0.3 is 5.97 Å². The van der Waals surface area contributed by atoms with E-state index in [1.807, 2.05) is 6.92 Å². The molecule has 0 bridgehead atoms. The topological polar surface area (TPSA) is 132 Å². The first kappa shape index (κ1) is 17.5. The molecule has 0 unspecified atom stereocenters. The van der Waals surface area contributed by atoms with Gasteiger partial charge in [0, 0.05) is 28.1 Å². The van der Waals surface area contributed by atoms with Crippen molar-refractivity contribution in [3.8, 4) is 0 Å². The molecule has 0 heterocycles. The molecule has 8 heteroatoms. The first-order valence-corrected chi connectivity index (χ1v) is 7.67. The Kier molecular flexibility index (Phi) is 5.21. The summed E-state index contributed by atoms with van der Waals surface area (Å²) in [5.74, 6) is -2.06. The van der Waals surface area contributed by atoms with E-state index in [9.17, 15) is 19.5 Å². The van der Waals surface area contributed by atoms with Gasteiger partial charge in [-0.2, -0.15) is 0 Å². The number of carboxylic acid groups (broad SMARTS) is 1. The molecule has 0 aliphatic heterocycles. The summed E-state index contributed by atoms with van der Waals surface area (Å²) in [5.41, 5.74) is 9.86. The molecular formula is C16H18N4O4. The van der Waals surface area contributed by atoms with Crippen LogP contribution in [0.1, 0.15) is 53.0 Å². The molecule has 24 heavy (non-hydrogen) atoms. The molecule has 0 saturated carbocycles. The molecule has 2 atom stereocenters. The van der Waals surface area contributed by atoms with Gasteiger partial charge in [0.05, 0.1) is 0 Å². The van der Waals surface area contributed by atoms with Crippen LogP contribution >= 0.6 is 0 Å². The van der Waals surface area contributed by atoms with Gasteiger partial charge in [0.25, 0.3) is 5.91 Å². The van der Waals surface area contributed by atoms with E-state index in [1.54, 1.807) is 6.92 Å². The summed E-state index contributed by atoms with van der Waals surface area (Å²) in [4.78, 5) is 38.6. The zero-order valence-corrected chi connectivity index (χ0v) is 13.4. The van der Waals surface area contributed by atoms with Gasteiger partial charge in [-0.15, -0.1) is 0 Å². The summed E-state index contributed by atoms with van der Waals surface area (Å²) in [7, 11) is 0. The standard InChI is InChI=1S/C16H18N4O4/c1-3-8(2)14(16(23)24)18-15(22)12-7-9(19-20-17)6-11-10(12)4-5-13(11)21/h6-8,14H,3-5H2,1-2H3,(H,18,22)(H,23,24)/t8-,14-/m0/s1. The van der Waals surface area contributed by atoms with E-state index in [1.165, 1.54) is 12.1 Å². The number of Topliss-reactive ketones (excluding diaryl/α,β-unsaturated/α-hetero) is 1. The van der Waals surface area contributed by atoms with Gasteiger partial charge < -0.3 is 10.4 Å². The summed E-state index contributed by atoms with van der Waals surface area (Å²) in [6, 6.07) is 1.82. The third-order valence-electron chi connectivity index (χ3n) is 4.31. The number of hydrogen-bond donors (Lipinski definition) is 2. The van der Waals surface area contributed by atoms with Crippen LogP contribution in [0.2, 0.25) is 0 Å². The van der Waals surface area contributed by atoms with E-state index in [0.717, 1.165) is 0 Å². The van der Waals surface area contributed by atoms with Gasteiger partial charge in [-0.25, -0.2) is 4.79 Å². The lowest BCUT2D eigenvalue weighted by molar-refractivity contribution is -0.140. The van der Waals surface area contributed by atoms with Crippen molar-refractivity contribution in [3.63, 3.8) is 0 Å². The molecule has 0 spiro atoms. The first-order chi connectivity index (χ1) is 11.4. The summed E-state index contributed by atoms with van der Waals surface area (Å²) < 4.78 is 0. The Morgan fingerprint density at radius 1 is 1.42 bits per heavy atom. The summed E-state index contributed by atoms with van der Waals surface area (Å²) in [6.45, 7) is 3.58. The number of carboxylic acids is 1. The Labute approximate surface area is 138 Å². The number of nitrogens with zero attached hydrogens (tertiary/aromatic N) is 3. The van der Waals surface area contributed by atoms with Gasteiger partial charge in [-0.1, -0.05) is 25.4 Å². The third-order valence-corrected chi connectivity index (χ3v) is 4.31. The summed E-state index contributed by atoms with van der Waals surface area (Å²) in [5, 5.41) is 15.3. The Bertz CT molecular complexity index is 753. The Morgan fingerprint density at radius 2 is 2.12 bits per heavy atom. The number of ketones is 1. The van der Waals surface area contributed by atoms with E-state index in [0.29, 0.717) is 24.0 Å². The second-order valence-electron chi connectivity index (χ2n) is 5.81. The first-order valence-electron chi connectivity index (χ1n) is 7.67. The number of azide groups is 1. The summed E-state index contributed by atoms with van der Waals surface area (Å²) >= 11 is 0. The minimum atomic E-state index is -1.11. The molecule has 0 fully saturated rings. The number of fused-ring (bicyclic) bond motifs is 1. The molecule has 0 aromatic heterocycles. The highest BCUT2D eigenvalue weighted by Gasteiger charge is 2.30. The third kappa shape index (κ3) is 3.38. The predicted molar refractivity (Wildman–Crippen MR) is 86.2 cm³/mol. The molecule has 126 valence electrons. The van der Waals surface area contributed by atoms with E-state index in [2.05, 4.69) is 15.3 Å². The number of amides is 1. The van der Waals surface area contributed by atoms with E-state index in [-0.39, 0.29) is 29.4 Å². The van der Waals surface area contributed by atoms with Crippen molar-refractivity contribution in [2.45, 2.75) is 39.2 Å². The second kappa shape index (κ2) is 7.14. The van der Waals surface area contributed by atoms with Gasteiger partial charge in [0.1, 0.15) is 6.04 Å². The Hall–Kier alpha value is -2.86. The molecule has 0 saturated heterocycles. The molecule has 1 amide bonds. The summed E-state index contributed by atoms with van der Waals surface area (Å²) in [6.07, 6.45) is 1.28. The minimum absolute atomic E-state index is 0.120. The van der Waals surface area contributed by atoms with Crippen LogP contribution in [0.15, 0.2) is 17.2 Å². The number of aliphatic carboxylic acids is 1. The molecule has 1 aromatic rings. The van der Waals surface area contributed by atoms with E-state index < -0.39 is 17.9 Å². The Morgan fingerprint density at radius 3 is 2.71 bits per heavy atom. The van der Waals surface area contributed by atoms with Crippen molar-refractivity contribution in [2.24, 2.45) is 11.0 Å². The second-order valence-corrected chi connectivity index (χ2v) is 5.81. The van der Waals surface area contributed by atoms with Gasteiger partial charge in [0.15, 0.2) is 5.78 Å². The largest absolute Gasteiger partial charge is 0.480 e. The van der Waals surface area contributed by atoms with Crippen LogP contribution in [0.25, 0.3) is 10.4 Å². The molecule has 1 aliphatic carbocycles. The van der Waals surface area contributed by atoms with Crippen molar-refractivity contribution in [1.29, 1.82) is 0 Å². The number of carbonyl (C=O) groups is 3. The maximum Gasteiger partial charge on any atom is 0.326 e. The minimum Gasteiger partial charge on any atom is -0.480 e. The van der Waals surface area contributed by atoms with Crippen molar-refractivity contribution in [1.82, 2.24) is 5.32 Å². The average molecular weight is 330 g/mol. The van der Waals surface area contributed by atoms with Crippen molar-refractivity contribution >= 4 is 23.3 Å². The van der Waals surface area contributed by atoms with Crippen LogP contribution in [-0.4, -0.2) is 28.8 Å². The number of benzene rings is 1. The monoisotopic (exact) mass is 330 g/mol. The normalized spacial score (nSPS) is 15.2. The zero-order chi connectivity index (χ0) is 17.9. The van der Waals surface area contributed by atoms with Crippen LogP contribution in [0.3, 0.4) is 0 Å².